The van der Waals surface area contributed by atoms with Crippen LogP contribution in [0.3, 0.4) is 0 Å². The first-order valence-electron chi connectivity index (χ1n) is 7.56. The molecule has 0 radical (unpaired) electrons. The van der Waals surface area contributed by atoms with Gasteiger partial charge in [0.15, 0.2) is 5.65 Å². The number of aliphatic hydroxyl groups is 1. The standard InChI is InChI=1S/C16H12F2N6O2/c17-14(18)10-5-13-9(6-20-24(13)8-25)4-12(10)22-16(26)11-7-21-23-3-1-2-19-15(11)23/h1-7,14,25H,8H2,(H,22,26). The first-order valence-corrected chi connectivity index (χ1v) is 7.56. The predicted octanol–water partition coefficient (Wildman–Crippen LogP) is 2.22. The summed E-state index contributed by atoms with van der Waals surface area (Å²) in [5.41, 5.74) is 0.420. The summed E-state index contributed by atoms with van der Waals surface area (Å²) in [6, 6.07) is 4.25. The molecule has 4 rings (SSSR count). The molecule has 0 aliphatic heterocycles. The van der Waals surface area contributed by atoms with E-state index >= 15 is 0 Å². The molecule has 2 N–H and O–H groups in total. The maximum Gasteiger partial charge on any atom is 0.265 e. The van der Waals surface area contributed by atoms with Crippen LogP contribution >= 0.6 is 0 Å². The third kappa shape index (κ3) is 2.56. The number of fused-ring (bicyclic) bond motifs is 2. The Morgan fingerprint density at radius 3 is 2.88 bits per heavy atom. The Kier molecular flexibility index (Phi) is 3.81. The summed E-state index contributed by atoms with van der Waals surface area (Å²) in [4.78, 5) is 16.6. The minimum atomic E-state index is -2.82. The topological polar surface area (TPSA) is 97.3 Å². The first kappa shape index (κ1) is 16.1. The number of hydrogen-bond acceptors (Lipinski definition) is 5. The largest absolute Gasteiger partial charge is 0.374 e. The SMILES string of the molecule is O=C(Nc1cc2cnn(CO)c2cc1C(F)F)c1cnn2cccnc12. The van der Waals surface area contributed by atoms with Crippen LogP contribution in [0.25, 0.3) is 16.6 Å². The Balaban J connectivity index is 1.76. The highest BCUT2D eigenvalue weighted by Crippen LogP contribution is 2.32. The fourth-order valence-electron chi connectivity index (χ4n) is 2.72. The van der Waals surface area contributed by atoms with Gasteiger partial charge in [-0.2, -0.15) is 10.2 Å². The van der Waals surface area contributed by atoms with Crippen molar-refractivity contribution >= 4 is 28.1 Å². The van der Waals surface area contributed by atoms with Crippen LogP contribution in [-0.4, -0.2) is 35.4 Å². The maximum atomic E-state index is 13.5. The number of nitrogens with one attached hydrogen (secondary N) is 1. The van der Waals surface area contributed by atoms with Crippen molar-refractivity contribution in [3.05, 3.63) is 54.1 Å². The summed E-state index contributed by atoms with van der Waals surface area (Å²) in [6.45, 7) is -0.439. The number of carbonyl (C=O) groups is 1. The third-order valence-electron chi connectivity index (χ3n) is 3.95. The van der Waals surface area contributed by atoms with E-state index in [0.717, 1.165) is 0 Å². The van der Waals surface area contributed by atoms with Gasteiger partial charge < -0.3 is 10.4 Å². The minimum absolute atomic E-state index is 0.0368. The molecule has 0 fully saturated rings. The lowest BCUT2D eigenvalue weighted by molar-refractivity contribution is 0.102. The number of hydrogen-bond donors (Lipinski definition) is 2. The van der Waals surface area contributed by atoms with Crippen LogP contribution in [0.1, 0.15) is 22.3 Å². The second kappa shape index (κ2) is 6.15. The number of amides is 1. The summed E-state index contributed by atoms with van der Waals surface area (Å²) >= 11 is 0. The van der Waals surface area contributed by atoms with Gasteiger partial charge in [-0.25, -0.2) is 23.0 Å². The molecule has 0 unspecified atom stereocenters. The van der Waals surface area contributed by atoms with Gasteiger partial charge in [-0.3, -0.25) is 4.79 Å². The molecule has 132 valence electrons. The van der Waals surface area contributed by atoms with Crippen LogP contribution in [0.5, 0.6) is 0 Å². The van der Waals surface area contributed by atoms with Crippen molar-refractivity contribution in [1.82, 2.24) is 24.4 Å². The lowest BCUT2D eigenvalue weighted by Gasteiger charge is -2.11. The molecule has 0 atom stereocenters. The van der Waals surface area contributed by atoms with Gasteiger partial charge in [0.2, 0.25) is 0 Å². The van der Waals surface area contributed by atoms with Gasteiger partial charge in [-0.15, -0.1) is 0 Å². The molecular weight excluding hydrogens is 346 g/mol. The fraction of sp³-hybridized carbons (Fsp3) is 0.125. The Morgan fingerprint density at radius 2 is 2.12 bits per heavy atom. The first-order chi connectivity index (χ1) is 12.6. The Hall–Kier alpha value is -3.40. The normalized spacial score (nSPS) is 11.5. The van der Waals surface area contributed by atoms with Gasteiger partial charge in [0.1, 0.15) is 12.3 Å². The quantitative estimate of drug-likeness (QED) is 0.583. The maximum absolute atomic E-state index is 13.5. The molecule has 3 heterocycles. The molecule has 0 aliphatic carbocycles. The highest BCUT2D eigenvalue weighted by Gasteiger charge is 2.20. The molecule has 10 heteroatoms. The summed E-state index contributed by atoms with van der Waals surface area (Å²) in [6.07, 6.45) is 3.06. The van der Waals surface area contributed by atoms with E-state index in [1.54, 1.807) is 12.3 Å². The van der Waals surface area contributed by atoms with Gasteiger partial charge in [0.25, 0.3) is 12.3 Å². The lowest BCUT2D eigenvalue weighted by Crippen LogP contribution is -2.14. The second-order valence-electron chi connectivity index (χ2n) is 5.48. The minimum Gasteiger partial charge on any atom is -0.374 e. The Labute approximate surface area is 144 Å². The monoisotopic (exact) mass is 358 g/mol. The molecule has 8 nitrogen and oxygen atoms in total. The third-order valence-corrected chi connectivity index (χ3v) is 3.95. The number of nitrogens with zero attached hydrogens (tertiary/aromatic N) is 5. The van der Waals surface area contributed by atoms with E-state index in [0.29, 0.717) is 16.6 Å². The molecule has 26 heavy (non-hydrogen) atoms. The van der Waals surface area contributed by atoms with Crippen LogP contribution in [0.4, 0.5) is 14.5 Å². The molecule has 0 saturated carbocycles. The summed E-state index contributed by atoms with van der Waals surface area (Å²) in [5.74, 6) is -0.602. The van der Waals surface area contributed by atoms with Crippen molar-refractivity contribution in [2.75, 3.05) is 5.32 Å². The Bertz CT molecular complexity index is 1120. The molecule has 0 bridgehead atoms. The number of halogens is 2. The second-order valence-corrected chi connectivity index (χ2v) is 5.48. The molecule has 1 amide bonds. The highest BCUT2D eigenvalue weighted by atomic mass is 19.3. The summed E-state index contributed by atoms with van der Waals surface area (Å²) in [5, 5.41) is 20.1. The number of aromatic nitrogens is 5. The van der Waals surface area contributed by atoms with Crippen molar-refractivity contribution in [1.29, 1.82) is 0 Å². The molecule has 0 spiro atoms. The van der Waals surface area contributed by atoms with Crippen LogP contribution in [0.15, 0.2) is 43.0 Å². The van der Waals surface area contributed by atoms with E-state index < -0.39 is 19.1 Å². The van der Waals surface area contributed by atoms with Crippen LogP contribution in [-0.2, 0) is 6.73 Å². The zero-order chi connectivity index (χ0) is 18.3. The van der Waals surface area contributed by atoms with Gasteiger partial charge in [-0.1, -0.05) is 0 Å². The van der Waals surface area contributed by atoms with Gasteiger partial charge in [0, 0.05) is 23.3 Å². The highest BCUT2D eigenvalue weighted by molar-refractivity contribution is 6.09. The molecule has 1 aromatic carbocycles. The molecule has 3 aromatic heterocycles. The molecule has 0 saturated heterocycles. The van der Waals surface area contributed by atoms with Crippen LogP contribution in [0, 0.1) is 0 Å². The number of aliphatic hydroxyl groups excluding tert-OH is 1. The van der Waals surface area contributed by atoms with E-state index in [2.05, 4.69) is 20.5 Å². The lowest BCUT2D eigenvalue weighted by atomic mass is 10.1. The number of rotatable bonds is 4. The van der Waals surface area contributed by atoms with E-state index in [-0.39, 0.29) is 16.8 Å². The van der Waals surface area contributed by atoms with Crippen molar-refractivity contribution in [2.24, 2.45) is 0 Å². The van der Waals surface area contributed by atoms with Crippen molar-refractivity contribution < 1.29 is 18.7 Å². The zero-order valence-corrected chi connectivity index (χ0v) is 13.2. The fourth-order valence-corrected chi connectivity index (χ4v) is 2.72. The average Bonchev–Trinajstić information content (AvgIpc) is 3.24. The molecular formula is C16H12F2N6O2. The summed E-state index contributed by atoms with van der Waals surface area (Å²) < 4.78 is 29.5. The van der Waals surface area contributed by atoms with Crippen molar-refractivity contribution in [3.8, 4) is 0 Å². The van der Waals surface area contributed by atoms with E-state index in [1.165, 1.54) is 39.9 Å². The van der Waals surface area contributed by atoms with Gasteiger partial charge in [0.05, 0.1) is 23.6 Å². The smallest absolute Gasteiger partial charge is 0.265 e. The van der Waals surface area contributed by atoms with E-state index in [9.17, 15) is 18.7 Å². The predicted molar refractivity (Wildman–Crippen MR) is 87.8 cm³/mol. The zero-order valence-electron chi connectivity index (χ0n) is 13.2. The molecule has 4 aromatic rings. The van der Waals surface area contributed by atoms with Gasteiger partial charge in [-0.05, 0) is 18.2 Å². The number of anilines is 1. The average molecular weight is 358 g/mol. The van der Waals surface area contributed by atoms with Crippen molar-refractivity contribution in [2.45, 2.75) is 13.2 Å². The number of alkyl halides is 2. The van der Waals surface area contributed by atoms with Crippen molar-refractivity contribution in [3.63, 3.8) is 0 Å². The van der Waals surface area contributed by atoms with Crippen LogP contribution in [0.2, 0.25) is 0 Å². The van der Waals surface area contributed by atoms with E-state index in [4.69, 9.17) is 0 Å². The van der Waals surface area contributed by atoms with E-state index in [1.807, 2.05) is 0 Å². The van der Waals surface area contributed by atoms with Gasteiger partial charge >= 0.3 is 0 Å². The number of carbonyl (C=O) groups excluding carboxylic acids is 1. The van der Waals surface area contributed by atoms with Crippen LogP contribution < -0.4 is 5.32 Å². The molecule has 0 aliphatic rings. The Morgan fingerprint density at radius 1 is 1.27 bits per heavy atom. The summed E-state index contributed by atoms with van der Waals surface area (Å²) in [7, 11) is 0. The number of benzene rings is 1.